The van der Waals surface area contributed by atoms with Gasteiger partial charge < -0.3 is 0 Å². The molecule has 0 spiro atoms. The largest absolute Gasteiger partial charge is 0.204 e. The molecule has 0 heterocycles. The van der Waals surface area contributed by atoms with Crippen LogP contribution in [0, 0.1) is 17.6 Å². The molecule has 162 valence electrons. The Labute approximate surface area is 185 Å². The highest BCUT2D eigenvalue weighted by molar-refractivity contribution is 5.27. The Kier molecular flexibility index (Phi) is 7.17. The molecule has 0 N–H and O–H groups in total. The van der Waals surface area contributed by atoms with Crippen molar-refractivity contribution in [2.24, 2.45) is 5.92 Å². The van der Waals surface area contributed by atoms with Gasteiger partial charge in [0.1, 0.15) is 0 Å². The van der Waals surface area contributed by atoms with E-state index in [4.69, 9.17) is 0 Å². The van der Waals surface area contributed by atoms with Crippen LogP contribution in [-0.2, 0) is 12.8 Å². The SMILES string of the molecule is C[C@H](Cc1ccc(CCC2CCC(c3ccc(F)c(F)c3)CC2)cc1)c1ccccc1. The molecule has 0 aromatic heterocycles. The lowest BCUT2D eigenvalue weighted by Gasteiger charge is -2.29. The molecule has 3 aromatic rings. The first-order valence-corrected chi connectivity index (χ1v) is 11.7. The lowest BCUT2D eigenvalue weighted by atomic mass is 9.77. The number of hydrogen-bond acceptors (Lipinski definition) is 0. The van der Waals surface area contributed by atoms with Gasteiger partial charge in [-0.25, -0.2) is 8.78 Å². The third kappa shape index (κ3) is 5.81. The van der Waals surface area contributed by atoms with Gasteiger partial charge in [-0.15, -0.1) is 0 Å². The fraction of sp³-hybridized carbons (Fsp3) is 0.379. The summed E-state index contributed by atoms with van der Waals surface area (Å²) in [7, 11) is 0. The average Bonchev–Trinajstić information content (AvgIpc) is 2.81. The van der Waals surface area contributed by atoms with Gasteiger partial charge in [0, 0.05) is 0 Å². The summed E-state index contributed by atoms with van der Waals surface area (Å²) in [6.45, 7) is 2.29. The number of hydrogen-bond donors (Lipinski definition) is 0. The second-order valence-electron chi connectivity index (χ2n) is 9.26. The Balaban J connectivity index is 1.23. The number of halogens is 2. The number of aryl methyl sites for hydroxylation is 1. The molecule has 0 aliphatic heterocycles. The third-order valence-corrected chi connectivity index (χ3v) is 7.04. The number of rotatable bonds is 7. The predicted octanol–water partition coefficient (Wildman–Crippen LogP) is 8.22. The first-order chi connectivity index (χ1) is 15.1. The van der Waals surface area contributed by atoms with Gasteiger partial charge in [-0.2, -0.15) is 0 Å². The van der Waals surface area contributed by atoms with Crippen molar-refractivity contribution in [2.75, 3.05) is 0 Å². The first kappa shape index (κ1) is 21.7. The van der Waals surface area contributed by atoms with Crippen molar-refractivity contribution in [3.8, 4) is 0 Å². The Morgan fingerprint density at radius 2 is 1.45 bits per heavy atom. The molecule has 0 nitrogen and oxygen atoms in total. The lowest BCUT2D eigenvalue weighted by molar-refractivity contribution is 0.310. The molecular formula is C29H32F2. The summed E-state index contributed by atoms with van der Waals surface area (Å²) in [5, 5.41) is 0. The van der Waals surface area contributed by atoms with Crippen LogP contribution in [0.1, 0.15) is 73.1 Å². The summed E-state index contributed by atoms with van der Waals surface area (Å²) >= 11 is 0. The lowest BCUT2D eigenvalue weighted by Crippen LogP contribution is -2.14. The summed E-state index contributed by atoms with van der Waals surface area (Å²) in [4.78, 5) is 0. The summed E-state index contributed by atoms with van der Waals surface area (Å²) in [5.74, 6) is 0.160. The Hall–Kier alpha value is -2.48. The quantitative estimate of drug-likeness (QED) is 0.362. The summed E-state index contributed by atoms with van der Waals surface area (Å²) < 4.78 is 26.7. The fourth-order valence-electron chi connectivity index (χ4n) is 5.02. The van der Waals surface area contributed by atoms with E-state index in [-0.39, 0.29) is 0 Å². The third-order valence-electron chi connectivity index (χ3n) is 7.04. The maximum atomic E-state index is 13.5. The van der Waals surface area contributed by atoms with Crippen molar-refractivity contribution < 1.29 is 8.78 Å². The van der Waals surface area contributed by atoms with Crippen LogP contribution in [-0.4, -0.2) is 0 Å². The van der Waals surface area contributed by atoms with Gasteiger partial charge in [0.05, 0.1) is 0 Å². The van der Waals surface area contributed by atoms with Crippen LogP contribution in [0.2, 0.25) is 0 Å². The zero-order valence-electron chi connectivity index (χ0n) is 18.4. The van der Waals surface area contributed by atoms with Gasteiger partial charge in [0.2, 0.25) is 0 Å². The predicted molar refractivity (Wildman–Crippen MR) is 124 cm³/mol. The van der Waals surface area contributed by atoms with Gasteiger partial charge in [-0.1, -0.05) is 67.6 Å². The van der Waals surface area contributed by atoms with Crippen molar-refractivity contribution in [3.05, 3.63) is 107 Å². The van der Waals surface area contributed by atoms with E-state index in [0.717, 1.165) is 37.2 Å². The summed E-state index contributed by atoms with van der Waals surface area (Å²) in [6, 6.07) is 24.3. The van der Waals surface area contributed by atoms with Crippen molar-refractivity contribution in [1.29, 1.82) is 0 Å². The smallest absolute Gasteiger partial charge is 0.159 e. The highest BCUT2D eigenvalue weighted by Crippen LogP contribution is 2.37. The zero-order chi connectivity index (χ0) is 21.6. The average molecular weight is 419 g/mol. The van der Waals surface area contributed by atoms with E-state index in [2.05, 4.69) is 61.5 Å². The van der Waals surface area contributed by atoms with E-state index in [9.17, 15) is 8.78 Å². The van der Waals surface area contributed by atoms with Crippen molar-refractivity contribution in [2.45, 2.75) is 63.7 Å². The fourth-order valence-corrected chi connectivity index (χ4v) is 5.02. The molecule has 1 aliphatic carbocycles. The minimum atomic E-state index is -0.752. The molecule has 3 aromatic carbocycles. The molecule has 4 rings (SSSR count). The second kappa shape index (κ2) is 10.2. The van der Waals surface area contributed by atoms with Gasteiger partial charge in [-0.3, -0.25) is 0 Å². The summed E-state index contributed by atoms with van der Waals surface area (Å²) in [6.07, 6.45) is 7.91. The van der Waals surface area contributed by atoms with Gasteiger partial charge >= 0.3 is 0 Å². The van der Waals surface area contributed by atoms with Gasteiger partial charge in [-0.05, 0) is 97.1 Å². The van der Waals surface area contributed by atoms with Gasteiger partial charge in [0.25, 0.3) is 0 Å². The second-order valence-corrected chi connectivity index (χ2v) is 9.26. The molecule has 1 saturated carbocycles. The van der Waals surface area contributed by atoms with Crippen LogP contribution in [0.5, 0.6) is 0 Å². The highest BCUT2D eigenvalue weighted by atomic mass is 19.2. The molecule has 0 amide bonds. The molecule has 0 radical (unpaired) electrons. The van der Waals surface area contributed by atoms with Crippen LogP contribution in [0.15, 0.2) is 72.8 Å². The van der Waals surface area contributed by atoms with E-state index in [1.807, 2.05) is 0 Å². The van der Waals surface area contributed by atoms with Gasteiger partial charge in [0.15, 0.2) is 11.6 Å². The van der Waals surface area contributed by atoms with Crippen LogP contribution >= 0.6 is 0 Å². The van der Waals surface area contributed by atoms with Crippen molar-refractivity contribution >= 4 is 0 Å². The molecule has 31 heavy (non-hydrogen) atoms. The molecule has 1 fully saturated rings. The normalized spacial score (nSPS) is 19.8. The van der Waals surface area contributed by atoms with E-state index < -0.39 is 11.6 Å². The molecule has 0 unspecified atom stereocenters. The van der Waals surface area contributed by atoms with Crippen LogP contribution in [0.4, 0.5) is 8.78 Å². The Morgan fingerprint density at radius 3 is 2.13 bits per heavy atom. The monoisotopic (exact) mass is 418 g/mol. The molecule has 2 heteroatoms. The minimum absolute atomic E-state index is 0.372. The standard InChI is InChI=1S/C29H32F2/c1-21(25-5-3-2-4-6-25)19-24-11-9-22(10-12-24)7-8-23-13-15-26(16-14-23)27-17-18-28(30)29(31)20-27/h2-6,9-12,17-18,20-21,23,26H,7-8,13-16,19H2,1H3/t21-,23?,26?/m1/s1. The maximum Gasteiger partial charge on any atom is 0.159 e. The minimum Gasteiger partial charge on any atom is -0.204 e. The van der Waals surface area contributed by atoms with Crippen LogP contribution in [0.3, 0.4) is 0 Å². The first-order valence-electron chi connectivity index (χ1n) is 11.7. The number of benzene rings is 3. The van der Waals surface area contributed by atoms with E-state index in [1.54, 1.807) is 6.07 Å². The maximum absolute atomic E-state index is 13.5. The highest BCUT2D eigenvalue weighted by Gasteiger charge is 2.23. The Morgan fingerprint density at radius 1 is 0.774 bits per heavy atom. The van der Waals surface area contributed by atoms with E-state index >= 15 is 0 Å². The van der Waals surface area contributed by atoms with Crippen molar-refractivity contribution in [3.63, 3.8) is 0 Å². The van der Waals surface area contributed by atoms with Crippen molar-refractivity contribution in [1.82, 2.24) is 0 Å². The molecule has 0 bridgehead atoms. The summed E-state index contributed by atoms with van der Waals surface area (Å²) in [5.41, 5.74) is 5.16. The molecular weight excluding hydrogens is 386 g/mol. The van der Waals surface area contributed by atoms with Crippen LogP contribution in [0.25, 0.3) is 0 Å². The zero-order valence-corrected chi connectivity index (χ0v) is 18.4. The molecule has 1 atom stereocenters. The van der Waals surface area contributed by atoms with E-state index in [1.165, 1.54) is 48.1 Å². The van der Waals surface area contributed by atoms with Crippen LogP contribution < -0.4 is 0 Å². The van der Waals surface area contributed by atoms with E-state index in [0.29, 0.717) is 11.8 Å². The topological polar surface area (TPSA) is 0 Å². The molecule has 0 saturated heterocycles. The Bertz CT molecular complexity index is 954. The molecule has 1 aliphatic rings.